The quantitative estimate of drug-likeness (QED) is 0.453. The molecule has 0 aromatic heterocycles. The van der Waals surface area contributed by atoms with E-state index in [9.17, 15) is 4.79 Å². The van der Waals surface area contributed by atoms with E-state index >= 15 is 0 Å². The highest BCUT2D eigenvalue weighted by Gasteiger charge is 2.41. The van der Waals surface area contributed by atoms with Gasteiger partial charge in [0.2, 0.25) is 5.91 Å². The summed E-state index contributed by atoms with van der Waals surface area (Å²) in [7, 11) is 5.82. The SMILES string of the molecule is CCC(=O)N(CC[C@@]1(c2ccccc2OC)CCO[C@@H](C(C)C)C1)Cc1ccc(N(C)C)cc1. The summed E-state index contributed by atoms with van der Waals surface area (Å²) in [6.07, 6.45) is 3.47. The Hall–Kier alpha value is -2.53. The second-order valence-electron chi connectivity index (χ2n) is 10.1. The van der Waals surface area contributed by atoms with Crippen LogP contribution in [0.4, 0.5) is 5.69 Å². The number of hydrogen-bond acceptors (Lipinski definition) is 4. The maximum absolute atomic E-state index is 13.0. The summed E-state index contributed by atoms with van der Waals surface area (Å²) in [5.41, 5.74) is 3.48. The first-order chi connectivity index (χ1) is 16.3. The number of anilines is 1. The van der Waals surface area contributed by atoms with Crippen molar-refractivity contribution in [1.29, 1.82) is 0 Å². The Morgan fingerprint density at radius 3 is 2.47 bits per heavy atom. The molecule has 1 aliphatic heterocycles. The summed E-state index contributed by atoms with van der Waals surface area (Å²) in [6, 6.07) is 16.9. The van der Waals surface area contributed by atoms with E-state index in [2.05, 4.69) is 61.2 Å². The van der Waals surface area contributed by atoms with E-state index in [1.807, 2.05) is 32.0 Å². The predicted molar refractivity (Wildman–Crippen MR) is 140 cm³/mol. The smallest absolute Gasteiger partial charge is 0.222 e. The number of hydrogen-bond donors (Lipinski definition) is 0. The van der Waals surface area contributed by atoms with Gasteiger partial charge in [-0.15, -0.1) is 0 Å². The van der Waals surface area contributed by atoms with E-state index in [-0.39, 0.29) is 17.4 Å². The molecule has 0 aliphatic carbocycles. The van der Waals surface area contributed by atoms with Crippen molar-refractivity contribution in [3.8, 4) is 5.75 Å². The summed E-state index contributed by atoms with van der Waals surface area (Å²) in [5, 5.41) is 0. The van der Waals surface area contributed by atoms with Crippen LogP contribution in [-0.2, 0) is 21.5 Å². The third-order valence-corrected chi connectivity index (χ3v) is 7.27. The normalized spacial score (nSPS) is 20.3. The molecule has 1 heterocycles. The molecular weight excluding hydrogens is 424 g/mol. The zero-order valence-electron chi connectivity index (χ0n) is 21.8. The highest BCUT2D eigenvalue weighted by Crippen LogP contribution is 2.45. The van der Waals surface area contributed by atoms with Crippen LogP contribution in [0.1, 0.15) is 57.6 Å². The molecule has 0 bridgehead atoms. The van der Waals surface area contributed by atoms with Gasteiger partial charge in [0.15, 0.2) is 0 Å². The van der Waals surface area contributed by atoms with Gasteiger partial charge in [-0.3, -0.25) is 4.79 Å². The number of nitrogens with zero attached hydrogens (tertiary/aromatic N) is 2. The van der Waals surface area contributed by atoms with Crippen molar-refractivity contribution >= 4 is 11.6 Å². The van der Waals surface area contributed by atoms with Crippen LogP contribution in [-0.4, -0.2) is 51.3 Å². The Balaban J connectivity index is 1.87. The molecule has 186 valence electrons. The fourth-order valence-electron chi connectivity index (χ4n) is 5.05. The van der Waals surface area contributed by atoms with E-state index in [4.69, 9.17) is 9.47 Å². The highest BCUT2D eigenvalue weighted by atomic mass is 16.5. The summed E-state index contributed by atoms with van der Waals surface area (Å²) in [6.45, 7) is 8.48. The number of methoxy groups -OCH3 is 1. The monoisotopic (exact) mass is 466 g/mol. The minimum absolute atomic E-state index is 0.0825. The van der Waals surface area contributed by atoms with Gasteiger partial charge in [0.1, 0.15) is 5.75 Å². The molecule has 0 spiro atoms. The largest absolute Gasteiger partial charge is 0.496 e. The van der Waals surface area contributed by atoms with E-state index in [1.165, 1.54) is 5.56 Å². The van der Waals surface area contributed by atoms with Crippen LogP contribution in [0.5, 0.6) is 5.75 Å². The molecule has 0 saturated carbocycles. The topological polar surface area (TPSA) is 42.0 Å². The van der Waals surface area contributed by atoms with Crippen molar-refractivity contribution in [1.82, 2.24) is 4.90 Å². The lowest BCUT2D eigenvalue weighted by Gasteiger charge is -2.44. The van der Waals surface area contributed by atoms with Crippen LogP contribution >= 0.6 is 0 Å². The van der Waals surface area contributed by atoms with E-state index in [0.29, 0.717) is 25.4 Å². The Morgan fingerprint density at radius 1 is 1.15 bits per heavy atom. The molecule has 34 heavy (non-hydrogen) atoms. The Labute approximate surface area is 206 Å². The second-order valence-corrected chi connectivity index (χ2v) is 10.1. The van der Waals surface area contributed by atoms with Crippen molar-refractivity contribution in [2.24, 2.45) is 5.92 Å². The van der Waals surface area contributed by atoms with Crippen LogP contribution in [0.15, 0.2) is 48.5 Å². The Kier molecular flexibility index (Phi) is 9.01. The molecule has 5 heteroatoms. The van der Waals surface area contributed by atoms with Crippen LogP contribution in [0, 0.1) is 5.92 Å². The number of benzene rings is 2. The van der Waals surface area contributed by atoms with Gasteiger partial charge in [0.25, 0.3) is 0 Å². The fourth-order valence-corrected chi connectivity index (χ4v) is 5.05. The third-order valence-electron chi connectivity index (χ3n) is 7.27. The third kappa shape index (κ3) is 6.12. The first kappa shape index (κ1) is 26.1. The average molecular weight is 467 g/mol. The molecule has 0 N–H and O–H groups in total. The average Bonchev–Trinajstić information content (AvgIpc) is 2.86. The summed E-state index contributed by atoms with van der Waals surface area (Å²) >= 11 is 0. The molecule has 5 nitrogen and oxygen atoms in total. The second kappa shape index (κ2) is 11.7. The minimum Gasteiger partial charge on any atom is -0.496 e. The lowest BCUT2D eigenvalue weighted by atomic mass is 9.68. The lowest BCUT2D eigenvalue weighted by molar-refractivity contribution is -0.132. The van der Waals surface area contributed by atoms with Gasteiger partial charge in [-0.2, -0.15) is 0 Å². The fraction of sp³-hybridized carbons (Fsp3) is 0.552. The number of ether oxygens (including phenoxy) is 2. The molecule has 2 aromatic carbocycles. The zero-order valence-corrected chi connectivity index (χ0v) is 21.8. The maximum atomic E-state index is 13.0. The Bertz CT molecular complexity index is 925. The first-order valence-corrected chi connectivity index (χ1v) is 12.6. The van der Waals surface area contributed by atoms with Crippen LogP contribution in [0.3, 0.4) is 0 Å². The zero-order chi connectivity index (χ0) is 24.7. The number of carbonyl (C=O) groups is 1. The van der Waals surface area contributed by atoms with E-state index in [1.54, 1.807) is 7.11 Å². The van der Waals surface area contributed by atoms with Gasteiger partial charge < -0.3 is 19.3 Å². The molecule has 1 aliphatic rings. The van der Waals surface area contributed by atoms with Crippen molar-refractivity contribution in [3.63, 3.8) is 0 Å². The summed E-state index contributed by atoms with van der Waals surface area (Å²) in [5.74, 6) is 1.57. The summed E-state index contributed by atoms with van der Waals surface area (Å²) < 4.78 is 12.0. The van der Waals surface area contributed by atoms with Crippen LogP contribution in [0.2, 0.25) is 0 Å². The van der Waals surface area contributed by atoms with Gasteiger partial charge in [0, 0.05) is 56.9 Å². The van der Waals surface area contributed by atoms with Crippen LogP contribution in [0.25, 0.3) is 0 Å². The van der Waals surface area contributed by atoms with Crippen molar-refractivity contribution in [3.05, 3.63) is 59.7 Å². The number of amides is 1. The van der Waals surface area contributed by atoms with Crippen molar-refractivity contribution < 1.29 is 14.3 Å². The highest BCUT2D eigenvalue weighted by molar-refractivity contribution is 5.75. The van der Waals surface area contributed by atoms with Gasteiger partial charge in [-0.05, 0) is 48.9 Å². The van der Waals surface area contributed by atoms with Crippen molar-refractivity contribution in [2.75, 3.05) is 39.3 Å². The van der Waals surface area contributed by atoms with E-state index in [0.717, 1.165) is 42.9 Å². The number of rotatable bonds is 10. The molecule has 1 saturated heterocycles. The minimum atomic E-state index is -0.0825. The molecule has 1 fully saturated rings. The molecular formula is C29H42N2O3. The predicted octanol–water partition coefficient (Wildman–Crippen LogP) is 5.66. The number of carbonyl (C=O) groups excluding carboxylic acids is 1. The Morgan fingerprint density at radius 2 is 1.85 bits per heavy atom. The number of para-hydroxylation sites is 1. The van der Waals surface area contributed by atoms with Gasteiger partial charge in [0.05, 0.1) is 13.2 Å². The molecule has 3 rings (SSSR count). The van der Waals surface area contributed by atoms with Crippen molar-refractivity contribution in [2.45, 2.75) is 64.5 Å². The molecule has 2 atom stereocenters. The summed E-state index contributed by atoms with van der Waals surface area (Å²) in [4.78, 5) is 17.1. The van der Waals surface area contributed by atoms with Gasteiger partial charge in [-0.25, -0.2) is 0 Å². The molecule has 2 aromatic rings. The standard InChI is InChI=1S/C29H42N2O3/c1-7-28(32)31(21-23-12-14-24(15-13-23)30(4)5)18-16-29(17-19-34-27(20-29)22(2)3)25-10-8-9-11-26(25)33-6/h8-15,22,27H,7,16-21H2,1-6H3/t27-,29-/m1/s1. The first-order valence-electron chi connectivity index (χ1n) is 12.6. The maximum Gasteiger partial charge on any atom is 0.222 e. The molecule has 0 unspecified atom stereocenters. The molecule has 1 amide bonds. The van der Waals surface area contributed by atoms with Gasteiger partial charge >= 0.3 is 0 Å². The lowest BCUT2D eigenvalue weighted by Crippen LogP contribution is -2.44. The van der Waals surface area contributed by atoms with E-state index < -0.39 is 0 Å². The van der Waals surface area contributed by atoms with Crippen LogP contribution < -0.4 is 9.64 Å². The molecule has 0 radical (unpaired) electrons. The van der Waals surface area contributed by atoms with Gasteiger partial charge in [-0.1, -0.05) is 51.1 Å².